The molecule has 1 fully saturated rings. The molecule has 0 radical (unpaired) electrons. The maximum absolute atomic E-state index is 10.9. The molecule has 0 atom stereocenters. The zero-order valence-corrected chi connectivity index (χ0v) is 21.5. The Hall–Kier alpha value is -3.18. The van der Waals surface area contributed by atoms with Crippen molar-refractivity contribution in [2.24, 2.45) is 0 Å². The van der Waals surface area contributed by atoms with Gasteiger partial charge in [0.15, 0.2) is 0 Å². The molecule has 0 amide bonds. The number of benzene rings is 3. The van der Waals surface area contributed by atoms with Crippen molar-refractivity contribution in [1.29, 1.82) is 0 Å². The van der Waals surface area contributed by atoms with Crippen LogP contribution in [0.5, 0.6) is 11.5 Å². The second-order valence-electron chi connectivity index (χ2n) is 10.5. The molecule has 5 nitrogen and oxygen atoms in total. The Morgan fingerprint density at radius 3 is 2.33 bits per heavy atom. The minimum atomic E-state index is 0.0899. The van der Waals surface area contributed by atoms with Crippen LogP contribution in [-0.2, 0) is 19.3 Å². The summed E-state index contributed by atoms with van der Waals surface area (Å²) in [4.78, 5) is 4.89. The van der Waals surface area contributed by atoms with Crippen LogP contribution in [0.1, 0.15) is 54.4 Å². The second-order valence-corrected chi connectivity index (χ2v) is 10.5. The molecule has 0 bridgehead atoms. The summed E-state index contributed by atoms with van der Waals surface area (Å²) in [6, 6.07) is 16.1. The molecule has 5 rings (SSSR count). The molecule has 1 aliphatic carbocycles. The molecular weight excluding hydrogens is 446 g/mol. The Bertz CT molecular complexity index is 1200. The van der Waals surface area contributed by atoms with Crippen molar-refractivity contribution in [3.63, 3.8) is 0 Å². The molecule has 0 saturated carbocycles. The van der Waals surface area contributed by atoms with Gasteiger partial charge in [0.2, 0.25) is 0 Å². The minimum absolute atomic E-state index is 0.0899. The maximum Gasteiger partial charge on any atom is 0.138 e. The molecule has 36 heavy (non-hydrogen) atoms. The first-order valence-electron chi connectivity index (χ1n) is 13.5. The Balaban J connectivity index is 1.38. The number of nitrogen functional groups attached to an aromatic ring is 1. The standard InChI is InChI=1S/C31H39N3O2/c1-33(19-20-34-17-5-2-6-18-34)24-12-9-22(10-13-24)21-27-26(14-16-29(36)31(27)32)30-25-8-4-3-7-23(25)11-15-28(30)35/h9-16,35-36H,2-8,17-21,32H2,1H3. The van der Waals surface area contributed by atoms with Crippen LogP contribution in [0.25, 0.3) is 11.1 Å². The van der Waals surface area contributed by atoms with Crippen molar-refractivity contribution in [3.05, 3.63) is 70.8 Å². The highest BCUT2D eigenvalue weighted by Gasteiger charge is 2.22. The molecule has 4 N–H and O–H groups in total. The van der Waals surface area contributed by atoms with E-state index < -0.39 is 0 Å². The van der Waals surface area contributed by atoms with Gasteiger partial charge in [-0.2, -0.15) is 0 Å². The molecule has 3 aromatic carbocycles. The van der Waals surface area contributed by atoms with Gasteiger partial charge in [0.1, 0.15) is 11.5 Å². The summed E-state index contributed by atoms with van der Waals surface area (Å²) in [5.74, 6) is 0.375. The van der Waals surface area contributed by atoms with Crippen LogP contribution in [0.2, 0.25) is 0 Å². The number of phenolic OH excluding ortho intramolecular Hbond substituents is 2. The summed E-state index contributed by atoms with van der Waals surface area (Å²) >= 11 is 0. The zero-order valence-electron chi connectivity index (χ0n) is 21.5. The number of hydrogen-bond acceptors (Lipinski definition) is 5. The van der Waals surface area contributed by atoms with Gasteiger partial charge >= 0.3 is 0 Å². The smallest absolute Gasteiger partial charge is 0.138 e. The molecule has 2 aliphatic rings. The first kappa shape index (κ1) is 24.5. The van der Waals surface area contributed by atoms with Gasteiger partial charge in [-0.1, -0.05) is 30.7 Å². The molecule has 1 saturated heterocycles. The fourth-order valence-corrected chi connectivity index (χ4v) is 5.87. The average molecular weight is 486 g/mol. The summed E-state index contributed by atoms with van der Waals surface area (Å²) in [5, 5.41) is 21.3. The number of likely N-dealkylation sites (N-methyl/N-ethyl adjacent to an activating group) is 1. The third-order valence-electron chi connectivity index (χ3n) is 8.07. The third kappa shape index (κ3) is 5.17. The molecule has 3 aromatic rings. The van der Waals surface area contributed by atoms with Gasteiger partial charge in [-0.15, -0.1) is 0 Å². The van der Waals surface area contributed by atoms with E-state index in [9.17, 15) is 10.2 Å². The molecule has 0 spiro atoms. The van der Waals surface area contributed by atoms with Crippen molar-refractivity contribution in [3.8, 4) is 22.6 Å². The Kier molecular flexibility index (Phi) is 7.38. The maximum atomic E-state index is 10.9. The normalized spacial score (nSPS) is 16.0. The van der Waals surface area contributed by atoms with Crippen molar-refractivity contribution in [1.82, 2.24) is 4.90 Å². The highest BCUT2D eigenvalue weighted by molar-refractivity contribution is 5.83. The topological polar surface area (TPSA) is 73.0 Å². The van der Waals surface area contributed by atoms with Gasteiger partial charge in [-0.3, -0.25) is 0 Å². The van der Waals surface area contributed by atoms with Crippen LogP contribution in [0.3, 0.4) is 0 Å². The lowest BCUT2D eigenvalue weighted by atomic mass is 9.83. The van der Waals surface area contributed by atoms with Gasteiger partial charge in [0, 0.05) is 37.8 Å². The predicted molar refractivity (Wildman–Crippen MR) is 149 cm³/mol. The third-order valence-corrected chi connectivity index (χ3v) is 8.07. The zero-order chi connectivity index (χ0) is 25.1. The van der Waals surface area contributed by atoms with Crippen LogP contribution in [0.15, 0.2) is 48.5 Å². The van der Waals surface area contributed by atoms with Crippen LogP contribution in [-0.4, -0.2) is 48.3 Å². The lowest BCUT2D eigenvalue weighted by molar-refractivity contribution is 0.234. The van der Waals surface area contributed by atoms with E-state index in [0.717, 1.165) is 54.6 Å². The number of aryl methyl sites for hydroxylation is 1. The SMILES string of the molecule is CN(CCN1CCCCC1)c1ccc(Cc2c(-c3c(O)ccc4c3CCCC4)ccc(O)c2N)cc1. The summed E-state index contributed by atoms with van der Waals surface area (Å²) in [5.41, 5.74) is 14.4. The number of aromatic hydroxyl groups is 2. The predicted octanol–water partition coefficient (Wildman–Crippen LogP) is 5.74. The quantitative estimate of drug-likeness (QED) is 0.294. The molecule has 0 unspecified atom stereocenters. The second kappa shape index (κ2) is 10.8. The van der Waals surface area contributed by atoms with E-state index in [1.807, 2.05) is 6.07 Å². The Labute approximate surface area is 215 Å². The van der Waals surface area contributed by atoms with Crippen molar-refractivity contribution in [2.45, 2.75) is 51.4 Å². The van der Waals surface area contributed by atoms with Crippen LogP contribution in [0.4, 0.5) is 11.4 Å². The number of phenols is 2. The molecule has 5 heteroatoms. The van der Waals surface area contributed by atoms with E-state index in [0.29, 0.717) is 12.1 Å². The first-order chi connectivity index (χ1) is 17.5. The number of likely N-dealkylation sites (tertiary alicyclic amines) is 1. The monoisotopic (exact) mass is 485 g/mol. The van der Waals surface area contributed by atoms with Gasteiger partial charge in [-0.05, 0) is 104 Å². The highest BCUT2D eigenvalue weighted by Crippen LogP contribution is 2.43. The number of nitrogens with zero attached hydrogens (tertiary/aromatic N) is 2. The Morgan fingerprint density at radius 1 is 0.833 bits per heavy atom. The highest BCUT2D eigenvalue weighted by atomic mass is 16.3. The van der Waals surface area contributed by atoms with Crippen LogP contribution < -0.4 is 10.6 Å². The van der Waals surface area contributed by atoms with Crippen LogP contribution >= 0.6 is 0 Å². The molecule has 1 aliphatic heterocycles. The van der Waals surface area contributed by atoms with Gasteiger partial charge in [0.05, 0.1) is 5.69 Å². The molecule has 0 aromatic heterocycles. The van der Waals surface area contributed by atoms with E-state index in [-0.39, 0.29) is 11.5 Å². The van der Waals surface area contributed by atoms with Crippen molar-refractivity contribution in [2.75, 3.05) is 43.9 Å². The number of anilines is 2. The molecular formula is C31H39N3O2. The summed E-state index contributed by atoms with van der Waals surface area (Å²) < 4.78 is 0. The number of rotatable bonds is 7. The molecule has 190 valence electrons. The molecule has 1 heterocycles. The number of fused-ring (bicyclic) bond motifs is 1. The number of nitrogens with two attached hydrogens (primary N) is 1. The van der Waals surface area contributed by atoms with E-state index in [1.165, 1.54) is 55.6 Å². The lowest BCUT2D eigenvalue weighted by Gasteiger charge is -2.29. The van der Waals surface area contributed by atoms with Crippen molar-refractivity contribution >= 4 is 11.4 Å². The number of piperidine rings is 1. The fourth-order valence-electron chi connectivity index (χ4n) is 5.87. The van der Waals surface area contributed by atoms with E-state index in [1.54, 1.807) is 12.1 Å². The van der Waals surface area contributed by atoms with Gasteiger partial charge in [0.25, 0.3) is 0 Å². The lowest BCUT2D eigenvalue weighted by Crippen LogP contribution is -2.36. The first-order valence-corrected chi connectivity index (χ1v) is 13.5. The van der Waals surface area contributed by atoms with E-state index >= 15 is 0 Å². The van der Waals surface area contributed by atoms with E-state index in [2.05, 4.69) is 47.2 Å². The fraction of sp³-hybridized carbons (Fsp3) is 0.419. The largest absolute Gasteiger partial charge is 0.507 e. The van der Waals surface area contributed by atoms with Gasteiger partial charge in [-0.25, -0.2) is 0 Å². The van der Waals surface area contributed by atoms with Gasteiger partial charge < -0.3 is 25.7 Å². The average Bonchev–Trinajstić information content (AvgIpc) is 2.91. The summed E-state index contributed by atoms with van der Waals surface area (Å²) in [6.07, 6.45) is 8.90. The summed E-state index contributed by atoms with van der Waals surface area (Å²) in [6.45, 7) is 4.56. The Morgan fingerprint density at radius 2 is 1.56 bits per heavy atom. The van der Waals surface area contributed by atoms with Crippen LogP contribution in [0, 0.1) is 0 Å². The number of hydrogen-bond donors (Lipinski definition) is 3. The van der Waals surface area contributed by atoms with E-state index in [4.69, 9.17) is 5.73 Å². The minimum Gasteiger partial charge on any atom is -0.507 e. The van der Waals surface area contributed by atoms with Crippen molar-refractivity contribution < 1.29 is 10.2 Å². The summed E-state index contributed by atoms with van der Waals surface area (Å²) in [7, 11) is 2.16.